The van der Waals surface area contributed by atoms with E-state index in [-0.39, 0.29) is 0 Å². The molecule has 0 atom stereocenters. The smallest absolute Gasteiger partial charge is 0.225 e. The van der Waals surface area contributed by atoms with E-state index >= 15 is 0 Å². The summed E-state index contributed by atoms with van der Waals surface area (Å²) in [5.74, 6) is 0.757. The van der Waals surface area contributed by atoms with Gasteiger partial charge in [0.2, 0.25) is 5.91 Å². The molecule has 0 bridgehead atoms. The predicted molar refractivity (Wildman–Crippen MR) is 68.3 cm³/mol. The van der Waals surface area contributed by atoms with Crippen LogP contribution in [0.15, 0.2) is 11.6 Å². The van der Waals surface area contributed by atoms with Crippen molar-refractivity contribution in [2.45, 2.75) is 52.9 Å². The van der Waals surface area contributed by atoms with Crippen molar-refractivity contribution in [2.24, 2.45) is 5.92 Å². The van der Waals surface area contributed by atoms with E-state index in [2.05, 4.69) is 13.0 Å². The van der Waals surface area contributed by atoms with Crippen LogP contribution in [-0.2, 0) is 4.79 Å². The summed E-state index contributed by atoms with van der Waals surface area (Å²) in [6, 6.07) is 0. The van der Waals surface area contributed by atoms with Crippen LogP contribution in [-0.4, -0.2) is 23.9 Å². The second-order valence-corrected chi connectivity index (χ2v) is 4.57. The fourth-order valence-corrected chi connectivity index (χ4v) is 2.40. The molecule has 0 N–H and O–H groups in total. The van der Waals surface area contributed by atoms with Crippen LogP contribution in [0.4, 0.5) is 0 Å². The number of carbonyl (C=O) groups excluding carboxylic acids is 1. The maximum Gasteiger partial charge on any atom is 0.225 e. The lowest BCUT2D eigenvalue weighted by molar-refractivity contribution is -0.135. The quantitative estimate of drug-likeness (QED) is 0.624. The van der Waals surface area contributed by atoms with Crippen LogP contribution in [0.1, 0.15) is 52.9 Å². The Morgan fingerprint density at radius 3 is 2.44 bits per heavy atom. The Kier molecular flexibility index (Phi) is 5.58. The average Bonchev–Trinajstić information content (AvgIpc) is 2.85. The van der Waals surface area contributed by atoms with Crippen LogP contribution in [0.2, 0.25) is 0 Å². The van der Waals surface area contributed by atoms with Crippen molar-refractivity contribution in [3.63, 3.8) is 0 Å². The maximum atomic E-state index is 12.0. The minimum absolute atomic E-state index is 0.349. The lowest BCUT2D eigenvalue weighted by atomic mass is 10.0. The van der Waals surface area contributed by atoms with Gasteiger partial charge in [0.15, 0.2) is 0 Å². The molecule has 2 heteroatoms. The van der Waals surface area contributed by atoms with E-state index in [1.807, 2.05) is 18.7 Å². The highest BCUT2D eigenvalue weighted by Gasteiger charge is 2.27. The Morgan fingerprint density at radius 2 is 1.94 bits per heavy atom. The topological polar surface area (TPSA) is 20.3 Å². The molecule has 0 aromatic rings. The highest BCUT2D eigenvalue weighted by molar-refractivity contribution is 5.79. The van der Waals surface area contributed by atoms with Crippen molar-refractivity contribution in [1.29, 1.82) is 0 Å². The van der Waals surface area contributed by atoms with Gasteiger partial charge in [0.25, 0.3) is 0 Å². The third kappa shape index (κ3) is 3.36. The number of nitrogens with zero attached hydrogens (tertiary/aromatic N) is 1. The minimum Gasteiger partial charge on any atom is -0.338 e. The summed E-state index contributed by atoms with van der Waals surface area (Å²) in [5.41, 5.74) is 1.43. The number of amides is 1. The highest BCUT2D eigenvalue weighted by atomic mass is 16.2. The second kappa shape index (κ2) is 6.72. The van der Waals surface area contributed by atoms with E-state index in [1.165, 1.54) is 18.4 Å². The molecule has 1 aliphatic carbocycles. The van der Waals surface area contributed by atoms with E-state index in [4.69, 9.17) is 0 Å². The second-order valence-electron chi connectivity index (χ2n) is 4.57. The SMILES string of the molecule is CC.CC1=CCN(C(=O)C2CCCC2)CC1. The van der Waals surface area contributed by atoms with Crippen LogP contribution < -0.4 is 0 Å². The molecule has 1 saturated carbocycles. The summed E-state index contributed by atoms with van der Waals surface area (Å²) in [4.78, 5) is 14.0. The lowest BCUT2D eigenvalue weighted by Gasteiger charge is -2.27. The summed E-state index contributed by atoms with van der Waals surface area (Å²) in [6.07, 6.45) is 8.00. The fourth-order valence-electron chi connectivity index (χ4n) is 2.40. The van der Waals surface area contributed by atoms with Gasteiger partial charge in [-0.15, -0.1) is 0 Å². The van der Waals surface area contributed by atoms with E-state index in [1.54, 1.807) is 0 Å². The molecule has 0 saturated heterocycles. The largest absolute Gasteiger partial charge is 0.338 e. The zero-order valence-corrected chi connectivity index (χ0v) is 11.0. The Hall–Kier alpha value is -0.790. The summed E-state index contributed by atoms with van der Waals surface area (Å²) < 4.78 is 0. The molecule has 0 spiro atoms. The normalized spacial score (nSPS) is 21.2. The van der Waals surface area contributed by atoms with Crippen LogP contribution in [0.5, 0.6) is 0 Å². The van der Waals surface area contributed by atoms with Gasteiger partial charge in [-0.2, -0.15) is 0 Å². The summed E-state index contributed by atoms with van der Waals surface area (Å²) in [7, 11) is 0. The van der Waals surface area contributed by atoms with E-state index < -0.39 is 0 Å². The predicted octanol–water partition coefficient (Wildman–Crippen LogP) is 3.38. The zero-order chi connectivity index (χ0) is 12.0. The van der Waals surface area contributed by atoms with Crippen LogP contribution in [0.25, 0.3) is 0 Å². The van der Waals surface area contributed by atoms with Crippen LogP contribution >= 0.6 is 0 Å². The van der Waals surface area contributed by atoms with E-state index in [0.29, 0.717) is 11.8 Å². The number of hydrogen-bond donors (Lipinski definition) is 0. The van der Waals surface area contributed by atoms with Crippen molar-refractivity contribution in [1.82, 2.24) is 4.90 Å². The minimum atomic E-state index is 0.349. The highest BCUT2D eigenvalue weighted by Crippen LogP contribution is 2.27. The van der Waals surface area contributed by atoms with Gasteiger partial charge in [0.1, 0.15) is 0 Å². The molecule has 1 aliphatic heterocycles. The maximum absolute atomic E-state index is 12.0. The Balaban J connectivity index is 0.000000606. The summed E-state index contributed by atoms with van der Waals surface area (Å²) >= 11 is 0. The molecule has 1 heterocycles. The van der Waals surface area contributed by atoms with Crippen molar-refractivity contribution < 1.29 is 4.79 Å². The first-order valence-electron chi connectivity index (χ1n) is 6.72. The molecule has 92 valence electrons. The third-order valence-electron chi connectivity index (χ3n) is 3.45. The Bertz CT molecular complexity index is 251. The van der Waals surface area contributed by atoms with Crippen molar-refractivity contribution in [3.8, 4) is 0 Å². The van der Waals surface area contributed by atoms with E-state index in [9.17, 15) is 4.79 Å². The number of rotatable bonds is 1. The first-order chi connectivity index (χ1) is 7.77. The van der Waals surface area contributed by atoms with Gasteiger partial charge in [0, 0.05) is 19.0 Å². The summed E-state index contributed by atoms with van der Waals surface area (Å²) in [5, 5.41) is 0. The molecule has 0 unspecified atom stereocenters. The zero-order valence-electron chi connectivity index (χ0n) is 11.0. The molecule has 2 aliphatic rings. The first-order valence-corrected chi connectivity index (χ1v) is 6.72. The molecule has 0 aromatic heterocycles. The molecule has 1 amide bonds. The van der Waals surface area contributed by atoms with Crippen molar-refractivity contribution in [2.75, 3.05) is 13.1 Å². The van der Waals surface area contributed by atoms with Gasteiger partial charge in [-0.3, -0.25) is 4.79 Å². The first kappa shape index (κ1) is 13.3. The van der Waals surface area contributed by atoms with Gasteiger partial charge in [-0.05, 0) is 26.2 Å². The van der Waals surface area contributed by atoms with Gasteiger partial charge < -0.3 is 4.90 Å². The molecule has 2 nitrogen and oxygen atoms in total. The van der Waals surface area contributed by atoms with E-state index in [0.717, 1.165) is 32.4 Å². The molecule has 2 rings (SSSR count). The van der Waals surface area contributed by atoms with Crippen LogP contribution in [0.3, 0.4) is 0 Å². The average molecular weight is 223 g/mol. The molecule has 16 heavy (non-hydrogen) atoms. The van der Waals surface area contributed by atoms with Gasteiger partial charge >= 0.3 is 0 Å². The van der Waals surface area contributed by atoms with Crippen molar-refractivity contribution in [3.05, 3.63) is 11.6 Å². The molecule has 1 fully saturated rings. The van der Waals surface area contributed by atoms with Gasteiger partial charge in [-0.1, -0.05) is 38.3 Å². The summed E-state index contributed by atoms with van der Waals surface area (Å²) in [6.45, 7) is 7.94. The van der Waals surface area contributed by atoms with Gasteiger partial charge in [-0.25, -0.2) is 0 Å². The molecule has 0 radical (unpaired) electrons. The van der Waals surface area contributed by atoms with Crippen LogP contribution in [0, 0.1) is 5.92 Å². The fraction of sp³-hybridized carbons (Fsp3) is 0.786. The molecule has 0 aromatic carbocycles. The Labute approximate surface area is 99.7 Å². The standard InChI is InChI=1S/C12H19NO.C2H6/c1-10-6-8-13(9-7-10)12(14)11-4-2-3-5-11;1-2/h6,11H,2-5,7-9H2,1H3;1-2H3. The monoisotopic (exact) mass is 223 g/mol. The third-order valence-corrected chi connectivity index (χ3v) is 3.45. The number of carbonyl (C=O) groups is 1. The lowest BCUT2D eigenvalue weighted by Crippen LogP contribution is -2.38. The molecular formula is C14H25NO. The molecular weight excluding hydrogens is 198 g/mol. The van der Waals surface area contributed by atoms with Crippen molar-refractivity contribution >= 4 is 5.91 Å². The number of hydrogen-bond acceptors (Lipinski definition) is 1. The van der Waals surface area contributed by atoms with Gasteiger partial charge in [0.05, 0.1) is 0 Å². The Morgan fingerprint density at radius 1 is 1.31 bits per heavy atom.